The van der Waals surface area contributed by atoms with Gasteiger partial charge in [-0.15, -0.1) is 0 Å². The molecule has 0 aliphatic carbocycles. The van der Waals surface area contributed by atoms with E-state index < -0.39 is 0 Å². The van der Waals surface area contributed by atoms with Crippen molar-refractivity contribution in [2.75, 3.05) is 13.6 Å². The van der Waals surface area contributed by atoms with Crippen molar-refractivity contribution in [1.82, 2.24) is 4.90 Å². The van der Waals surface area contributed by atoms with E-state index in [1.165, 1.54) is 0 Å². The third-order valence-corrected chi connectivity index (χ3v) is 3.34. The van der Waals surface area contributed by atoms with E-state index >= 15 is 0 Å². The highest BCUT2D eigenvalue weighted by Crippen LogP contribution is 2.36. The number of aliphatic imine (C=N–C) groups is 1. The summed E-state index contributed by atoms with van der Waals surface area (Å²) < 4.78 is 0. The molecule has 1 aliphatic heterocycles. The van der Waals surface area contributed by atoms with Crippen molar-refractivity contribution in [3.05, 3.63) is 35.9 Å². The number of nitrogens with two attached hydrogens (primary N) is 2. The molecule has 0 bridgehead atoms. The Bertz CT molecular complexity index is 453. The molecule has 0 saturated carbocycles. The minimum Gasteiger partial charge on any atom is -0.370 e. The van der Waals surface area contributed by atoms with Gasteiger partial charge in [-0.1, -0.05) is 30.3 Å². The number of likely N-dealkylation sites (tertiary alicyclic amines) is 1. The van der Waals surface area contributed by atoms with E-state index in [4.69, 9.17) is 11.5 Å². The van der Waals surface area contributed by atoms with E-state index in [2.05, 4.69) is 4.99 Å². The van der Waals surface area contributed by atoms with Crippen molar-refractivity contribution < 1.29 is 4.79 Å². The van der Waals surface area contributed by atoms with Crippen LogP contribution in [-0.2, 0) is 4.79 Å². The standard InChI is InChI=1S/C13H18N4O/c1-17-11(18)7-10(8-16-13(14)15)12(17)9-5-3-2-4-6-9/h2-6,10,12H,7-8H2,1H3,(H4,14,15,16). The first kappa shape index (κ1) is 12.4. The Morgan fingerprint density at radius 2 is 2.06 bits per heavy atom. The zero-order valence-corrected chi connectivity index (χ0v) is 10.4. The second-order valence-corrected chi connectivity index (χ2v) is 4.59. The maximum atomic E-state index is 11.8. The van der Waals surface area contributed by atoms with Gasteiger partial charge in [0.1, 0.15) is 0 Å². The van der Waals surface area contributed by atoms with Gasteiger partial charge >= 0.3 is 0 Å². The van der Waals surface area contributed by atoms with Crippen LogP contribution in [0.3, 0.4) is 0 Å². The number of carbonyl (C=O) groups excluding carboxylic acids is 1. The SMILES string of the molecule is CN1C(=O)CC(CN=C(N)N)C1c1ccccc1. The van der Waals surface area contributed by atoms with Gasteiger partial charge in [0, 0.05) is 25.9 Å². The molecule has 1 amide bonds. The lowest BCUT2D eigenvalue weighted by Gasteiger charge is -2.24. The van der Waals surface area contributed by atoms with Crippen LogP contribution >= 0.6 is 0 Å². The van der Waals surface area contributed by atoms with E-state index in [0.717, 1.165) is 5.56 Å². The first-order valence-electron chi connectivity index (χ1n) is 5.95. The molecular formula is C13H18N4O. The van der Waals surface area contributed by atoms with Crippen LogP contribution in [0.4, 0.5) is 0 Å². The Balaban J connectivity index is 2.23. The molecule has 2 atom stereocenters. The first-order valence-corrected chi connectivity index (χ1v) is 5.95. The fourth-order valence-electron chi connectivity index (χ4n) is 2.48. The van der Waals surface area contributed by atoms with Gasteiger partial charge in [0.25, 0.3) is 0 Å². The van der Waals surface area contributed by atoms with Gasteiger partial charge < -0.3 is 16.4 Å². The van der Waals surface area contributed by atoms with Crippen LogP contribution in [0.25, 0.3) is 0 Å². The molecule has 1 fully saturated rings. The highest BCUT2D eigenvalue weighted by molar-refractivity contribution is 5.79. The monoisotopic (exact) mass is 246 g/mol. The van der Waals surface area contributed by atoms with Crippen molar-refractivity contribution in [2.24, 2.45) is 22.4 Å². The molecule has 1 aromatic rings. The second kappa shape index (κ2) is 5.08. The molecule has 4 N–H and O–H groups in total. The number of carbonyl (C=O) groups is 1. The molecule has 0 spiro atoms. The number of rotatable bonds is 3. The smallest absolute Gasteiger partial charge is 0.223 e. The minimum absolute atomic E-state index is 0.0572. The van der Waals surface area contributed by atoms with Crippen LogP contribution in [0, 0.1) is 5.92 Å². The summed E-state index contributed by atoms with van der Waals surface area (Å²) in [6.45, 7) is 0.484. The largest absolute Gasteiger partial charge is 0.370 e. The lowest BCUT2D eigenvalue weighted by molar-refractivity contribution is -0.127. The van der Waals surface area contributed by atoms with E-state index in [1.54, 1.807) is 4.90 Å². The zero-order chi connectivity index (χ0) is 13.1. The van der Waals surface area contributed by atoms with Gasteiger partial charge in [-0.2, -0.15) is 0 Å². The molecule has 0 aromatic heterocycles. The first-order chi connectivity index (χ1) is 8.59. The van der Waals surface area contributed by atoms with Gasteiger partial charge in [0.05, 0.1) is 6.04 Å². The van der Waals surface area contributed by atoms with E-state index in [0.29, 0.717) is 13.0 Å². The Morgan fingerprint density at radius 1 is 1.39 bits per heavy atom. The molecule has 5 nitrogen and oxygen atoms in total. The highest BCUT2D eigenvalue weighted by Gasteiger charge is 2.38. The van der Waals surface area contributed by atoms with E-state index in [9.17, 15) is 4.79 Å². The number of benzene rings is 1. The maximum Gasteiger partial charge on any atom is 0.223 e. The van der Waals surface area contributed by atoms with Crippen LogP contribution in [-0.4, -0.2) is 30.4 Å². The molecule has 18 heavy (non-hydrogen) atoms. The molecule has 1 aromatic carbocycles. The quantitative estimate of drug-likeness (QED) is 0.601. The van der Waals surface area contributed by atoms with E-state index in [-0.39, 0.29) is 23.8 Å². The highest BCUT2D eigenvalue weighted by atomic mass is 16.2. The fourth-order valence-corrected chi connectivity index (χ4v) is 2.48. The molecule has 2 unspecified atom stereocenters. The third-order valence-electron chi connectivity index (χ3n) is 3.34. The molecule has 2 rings (SSSR count). The maximum absolute atomic E-state index is 11.8. The predicted molar refractivity (Wildman–Crippen MR) is 70.7 cm³/mol. The summed E-state index contributed by atoms with van der Waals surface area (Å²) in [7, 11) is 1.83. The van der Waals surface area contributed by atoms with E-state index in [1.807, 2.05) is 37.4 Å². The minimum atomic E-state index is 0.0572. The second-order valence-electron chi connectivity index (χ2n) is 4.59. The predicted octanol–water partition coefficient (Wildman–Crippen LogP) is 0.479. The van der Waals surface area contributed by atoms with Crippen molar-refractivity contribution in [1.29, 1.82) is 0 Å². The lowest BCUT2D eigenvalue weighted by atomic mass is 9.94. The van der Waals surface area contributed by atoms with Crippen LogP contribution < -0.4 is 11.5 Å². The van der Waals surface area contributed by atoms with Crippen molar-refractivity contribution in [3.63, 3.8) is 0 Å². The molecular weight excluding hydrogens is 228 g/mol. The Morgan fingerprint density at radius 3 is 2.67 bits per heavy atom. The van der Waals surface area contributed by atoms with Crippen molar-refractivity contribution >= 4 is 11.9 Å². The van der Waals surface area contributed by atoms with Crippen LogP contribution in [0.15, 0.2) is 35.3 Å². The van der Waals surface area contributed by atoms with Gasteiger partial charge in [0.15, 0.2) is 5.96 Å². The van der Waals surface area contributed by atoms with Crippen LogP contribution in [0.5, 0.6) is 0 Å². The molecule has 0 radical (unpaired) electrons. The topological polar surface area (TPSA) is 84.7 Å². The van der Waals surface area contributed by atoms with Gasteiger partial charge in [-0.05, 0) is 5.56 Å². The van der Waals surface area contributed by atoms with Crippen molar-refractivity contribution in [2.45, 2.75) is 12.5 Å². The van der Waals surface area contributed by atoms with Gasteiger partial charge in [-0.3, -0.25) is 9.79 Å². The molecule has 96 valence electrons. The molecule has 1 heterocycles. The fraction of sp³-hybridized carbons (Fsp3) is 0.385. The molecule has 1 aliphatic rings. The summed E-state index contributed by atoms with van der Waals surface area (Å²) in [6, 6.07) is 10.0. The Labute approximate surface area is 106 Å². The molecule has 1 saturated heterocycles. The van der Waals surface area contributed by atoms with Crippen molar-refractivity contribution in [3.8, 4) is 0 Å². The summed E-state index contributed by atoms with van der Waals surface area (Å²) in [6.07, 6.45) is 0.493. The summed E-state index contributed by atoms with van der Waals surface area (Å²) >= 11 is 0. The summed E-state index contributed by atoms with van der Waals surface area (Å²) in [4.78, 5) is 17.7. The number of hydrogen-bond donors (Lipinski definition) is 2. The number of amides is 1. The number of hydrogen-bond acceptors (Lipinski definition) is 2. The summed E-state index contributed by atoms with van der Waals surface area (Å²) in [5.41, 5.74) is 11.8. The third kappa shape index (κ3) is 2.45. The number of guanidine groups is 1. The normalized spacial score (nSPS) is 23.2. The Hall–Kier alpha value is -2.04. The van der Waals surface area contributed by atoms with Gasteiger partial charge in [0.2, 0.25) is 5.91 Å². The number of nitrogens with zero attached hydrogens (tertiary/aromatic N) is 2. The van der Waals surface area contributed by atoms with Crippen LogP contribution in [0.2, 0.25) is 0 Å². The summed E-state index contributed by atoms with van der Waals surface area (Å²) in [5.74, 6) is 0.343. The van der Waals surface area contributed by atoms with Gasteiger partial charge in [-0.25, -0.2) is 0 Å². The molecule has 5 heteroatoms. The Kier molecular flexibility index (Phi) is 3.50. The zero-order valence-electron chi connectivity index (χ0n) is 10.4. The summed E-state index contributed by atoms with van der Waals surface area (Å²) in [5, 5.41) is 0. The lowest BCUT2D eigenvalue weighted by Crippen LogP contribution is -2.27. The van der Waals surface area contributed by atoms with Crippen LogP contribution in [0.1, 0.15) is 18.0 Å². The average molecular weight is 246 g/mol. The average Bonchev–Trinajstić information content (AvgIpc) is 2.64.